The number of aliphatic hydroxyl groups is 1. The van der Waals surface area contributed by atoms with E-state index < -0.39 is 5.60 Å². The summed E-state index contributed by atoms with van der Waals surface area (Å²) in [5, 5.41) is 10.3. The first-order valence-electron chi connectivity index (χ1n) is 5.31. The number of hydrogen-bond acceptors (Lipinski definition) is 2. The predicted molar refractivity (Wildman–Crippen MR) is 55.4 cm³/mol. The van der Waals surface area contributed by atoms with Gasteiger partial charge in [-0.25, -0.2) is 0 Å². The van der Waals surface area contributed by atoms with Crippen molar-refractivity contribution in [3.63, 3.8) is 0 Å². The molecule has 0 aromatic heterocycles. The molecule has 3 N–H and O–H groups in total. The van der Waals surface area contributed by atoms with Crippen LogP contribution in [0.1, 0.15) is 46.5 Å². The van der Waals surface area contributed by atoms with E-state index in [9.17, 15) is 5.11 Å². The maximum atomic E-state index is 10.3. The van der Waals surface area contributed by atoms with Gasteiger partial charge in [-0.05, 0) is 24.2 Å². The number of hydrogen-bond donors (Lipinski definition) is 2. The highest BCUT2D eigenvalue weighted by Crippen LogP contribution is 2.40. The van der Waals surface area contributed by atoms with Crippen LogP contribution in [0.2, 0.25) is 0 Å². The minimum absolute atomic E-state index is 0.101. The quantitative estimate of drug-likeness (QED) is 0.703. The van der Waals surface area contributed by atoms with E-state index in [1.54, 1.807) is 0 Å². The molecular weight excluding hydrogens is 162 g/mol. The first kappa shape index (κ1) is 11.0. The van der Waals surface area contributed by atoms with Crippen LogP contribution in [0.5, 0.6) is 0 Å². The van der Waals surface area contributed by atoms with Crippen molar-refractivity contribution in [3.8, 4) is 0 Å². The average molecular weight is 185 g/mol. The summed E-state index contributed by atoms with van der Waals surface area (Å²) in [4.78, 5) is 0. The van der Waals surface area contributed by atoms with Crippen LogP contribution in [0.4, 0.5) is 0 Å². The zero-order valence-electron chi connectivity index (χ0n) is 9.14. The maximum Gasteiger partial charge on any atom is 0.0817 e. The van der Waals surface area contributed by atoms with Crippen LogP contribution in [0.3, 0.4) is 0 Å². The van der Waals surface area contributed by atoms with Crippen LogP contribution in [0.25, 0.3) is 0 Å². The molecule has 1 rings (SSSR count). The molecule has 0 spiro atoms. The first-order valence-corrected chi connectivity index (χ1v) is 5.31. The Morgan fingerprint density at radius 2 is 1.85 bits per heavy atom. The zero-order valence-corrected chi connectivity index (χ0v) is 9.14. The van der Waals surface area contributed by atoms with Crippen LogP contribution in [-0.2, 0) is 0 Å². The van der Waals surface area contributed by atoms with Crippen molar-refractivity contribution >= 4 is 0 Å². The van der Waals surface area contributed by atoms with Gasteiger partial charge in [0.05, 0.1) is 5.60 Å². The summed E-state index contributed by atoms with van der Waals surface area (Å²) in [5.41, 5.74) is 4.88. The molecular formula is C11H23NO. The second-order valence-electron chi connectivity index (χ2n) is 5.47. The molecule has 2 nitrogen and oxygen atoms in total. The molecule has 13 heavy (non-hydrogen) atoms. The van der Waals surface area contributed by atoms with E-state index in [-0.39, 0.29) is 5.41 Å². The van der Waals surface area contributed by atoms with Crippen molar-refractivity contribution in [1.29, 1.82) is 0 Å². The van der Waals surface area contributed by atoms with Gasteiger partial charge in [0.2, 0.25) is 0 Å². The van der Waals surface area contributed by atoms with E-state index in [0.717, 1.165) is 18.8 Å². The molecule has 1 aliphatic carbocycles. The van der Waals surface area contributed by atoms with Gasteiger partial charge in [-0.2, -0.15) is 0 Å². The van der Waals surface area contributed by atoms with E-state index >= 15 is 0 Å². The Balaban J connectivity index is 2.46. The zero-order chi connectivity index (χ0) is 10.1. The van der Waals surface area contributed by atoms with Gasteiger partial charge < -0.3 is 10.8 Å². The fourth-order valence-corrected chi connectivity index (χ4v) is 1.63. The van der Waals surface area contributed by atoms with Gasteiger partial charge in [0.1, 0.15) is 0 Å². The van der Waals surface area contributed by atoms with E-state index in [1.165, 1.54) is 12.8 Å². The second-order valence-corrected chi connectivity index (χ2v) is 5.47. The molecule has 0 bridgehead atoms. The first-order chi connectivity index (χ1) is 5.89. The Bertz CT molecular complexity index is 169. The molecule has 0 aliphatic heterocycles. The SMILES string of the molecule is CC(C)(C)C(O)(CN)CCC1CC1. The van der Waals surface area contributed by atoms with Gasteiger partial charge in [0, 0.05) is 6.54 Å². The largest absolute Gasteiger partial charge is 0.388 e. The van der Waals surface area contributed by atoms with Gasteiger partial charge in [0.15, 0.2) is 0 Å². The highest BCUT2D eigenvalue weighted by molar-refractivity contribution is 4.92. The monoisotopic (exact) mass is 185 g/mol. The molecule has 2 heteroatoms. The van der Waals surface area contributed by atoms with Crippen molar-refractivity contribution < 1.29 is 5.11 Å². The van der Waals surface area contributed by atoms with Crippen molar-refractivity contribution in [1.82, 2.24) is 0 Å². The summed E-state index contributed by atoms with van der Waals surface area (Å²) < 4.78 is 0. The van der Waals surface area contributed by atoms with Gasteiger partial charge in [-0.3, -0.25) is 0 Å². The standard InChI is InChI=1S/C11H23NO/c1-10(2,3)11(13,8-12)7-6-9-4-5-9/h9,13H,4-8,12H2,1-3H3. The Labute approximate surface area is 81.5 Å². The van der Waals surface area contributed by atoms with Crippen molar-refractivity contribution in [3.05, 3.63) is 0 Å². The van der Waals surface area contributed by atoms with Crippen molar-refractivity contribution in [2.75, 3.05) is 6.54 Å². The molecule has 78 valence electrons. The summed E-state index contributed by atoms with van der Waals surface area (Å²) in [6.07, 6.45) is 4.71. The minimum Gasteiger partial charge on any atom is -0.388 e. The highest BCUT2D eigenvalue weighted by atomic mass is 16.3. The molecule has 0 aromatic rings. The minimum atomic E-state index is -0.671. The Morgan fingerprint density at radius 1 is 1.31 bits per heavy atom. The molecule has 0 amide bonds. The molecule has 0 heterocycles. The molecule has 1 aliphatic rings. The third-order valence-corrected chi connectivity index (χ3v) is 3.40. The van der Waals surface area contributed by atoms with E-state index in [1.807, 2.05) is 0 Å². The third-order valence-electron chi connectivity index (χ3n) is 3.40. The lowest BCUT2D eigenvalue weighted by atomic mass is 9.73. The third kappa shape index (κ3) is 2.68. The second kappa shape index (κ2) is 3.58. The van der Waals surface area contributed by atoms with Crippen molar-refractivity contribution in [2.24, 2.45) is 17.1 Å². The molecule has 1 atom stereocenters. The topological polar surface area (TPSA) is 46.2 Å². The van der Waals surface area contributed by atoms with Crippen molar-refractivity contribution in [2.45, 2.75) is 52.1 Å². The van der Waals surface area contributed by atoms with Gasteiger partial charge in [-0.1, -0.05) is 33.6 Å². The Morgan fingerprint density at radius 3 is 2.15 bits per heavy atom. The molecule has 0 radical (unpaired) electrons. The molecule has 0 saturated heterocycles. The Kier molecular flexibility index (Phi) is 3.03. The van der Waals surface area contributed by atoms with Crippen LogP contribution in [0, 0.1) is 11.3 Å². The van der Waals surface area contributed by atoms with Crippen LogP contribution >= 0.6 is 0 Å². The van der Waals surface area contributed by atoms with Gasteiger partial charge in [0.25, 0.3) is 0 Å². The van der Waals surface area contributed by atoms with Crippen LogP contribution in [0.15, 0.2) is 0 Å². The normalized spacial score (nSPS) is 22.8. The van der Waals surface area contributed by atoms with Gasteiger partial charge in [-0.15, -0.1) is 0 Å². The lowest BCUT2D eigenvalue weighted by molar-refractivity contribution is -0.0585. The molecule has 1 unspecified atom stereocenters. The number of nitrogens with two attached hydrogens (primary N) is 1. The summed E-state index contributed by atoms with van der Waals surface area (Å²) in [7, 11) is 0. The van der Waals surface area contributed by atoms with E-state index in [2.05, 4.69) is 20.8 Å². The van der Waals surface area contributed by atoms with Gasteiger partial charge >= 0.3 is 0 Å². The molecule has 1 fully saturated rings. The summed E-state index contributed by atoms with van der Waals surface area (Å²) in [5.74, 6) is 0.875. The average Bonchev–Trinajstić information content (AvgIpc) is 2.81. The van der Waals surface area contributed by atoms with Crippen LogP contribution < -0.4 is 5.73 Å². The smallest absolute Gasteiger partial charge is 0.0817 e. The lowest BCUT2D eigenvalue weighted by Crippen LogP contribution is -2.49. The number of rotatable bonds is 4. The van der Waals surface area contributed by atoms with Crippen LogP contribution in [-0.4, -0.2) is 17.3 Å². The fourth-order valence-electron chi connectivity index (χ4n) is 1.63. The summed E-state index contributed by atoms with van der Waals surface area (Å²) in [6, 6.07) is 0. The Hall–Kier alpha value is -0.0800. The predicted octanol–water partition coefficient (Wildman–Crippen LogP) is 1.91. The molecule has 1 saturated carbocycles. The summed E-state index contributed by atoms with van der Waals surface area (Å²) >= 11 is 0. The summed E-state index contributed by atoms with van der Waals surface area (Å²) in [6.45, 7) is 6.56. The maximum absolute atomic E-state index is 10.3. The fraction of sp³-hybridized carbons (Fsp3) is 1.00. The van der Waals surface area contributed by atoms with E-state index in [0.29, 0.717) is 6.54 Å². The van der Waals surface area contributed by atoms with E-state index in [4.69, 9.17) is 5.73 Å². The lowest BCUT2D eigenvalue weighted by Gasteiger charge is -2.39. The molecule has 0 aromatic carbocycles. The highest BCUT2D eigenvalue weighted by Gasteiger charge is 2.39.